The van der Waals surface area contributed by atoms with Crippen LogP contribution in [-0.4, -0.2) is 25.6 Å². The summed E-state index contributed by atoms with van der Waals surface area (Å²) in [7, 11) is -3.57. The number of halogens is 1. The van der Waals surface area contributed by atoms with E-state index in [1.807, 2.05) is 6.92 Å². The number of aryl methyl sites for hydroxylation is 1. The maximum Gasteiger partial charge on any atom is 0.253 e. The fourth-order valence-electron chi connectivity index (χ4n) is 1.74. The molecule has 0 atom stereocenters. The first-order valence-electron chi connectivity index (χ1n) is 6.21. The van der Waals surface area contributed by atoms with E-state index in [-0.39, 0.29) is 17.8 Å². The van der Waals surface area contributed by atoms with Gasteiger partial charge in [-0.15, -0.1) is 11.3 Å². The summed E-state index contributed by atoms with van der Waals surface area (Å²) in [4.78, 5) is 17.1. The lowest BCUT2D eigenvalue weighted by Gasteiger charge is -2.11. The molecule has 1 amide bonds. The molecule has 0 saturated carbocycles. The zero-order chi connectivity index (χ0) is 16.3. The number of nitrogens with zero attached hydrogens (tertiary/aromatic N) is 1. The average Bonchev–Trinajstić information content (AvgIpc) is 2.82. The van der Waals surface area contributed by atoms with E-state index in [0.29, 0.717) is 0 Å². The Morgan fingerprint density at radius 2 is 2.14 bits per heavy atom. The Bertz CT molecular complexity index is 803. The van der Waals surface area contributed by atoms with Crippen LogP contribution in [0.4, 0.5) is 10.1 Å². The topological polar surface area (TPSA) is 88.2 Å². The van der Waals surface area contributed by atoms with E-state index in [2.05, 4.69) is 15.0 Å². The Balaban J connectivity index is 2.18. The van der Waals surface area contributed by atoms with E-state index in [1.165, 1.54) is 17.4 Å². The Hall–Kier alpha value is -2.00. The van der Waals surface area contributed by atoms with Crippen LogP contribution >= 0.6 is 11.3 Å². The molecule has 1 heterocycles. The lowest BCUT2D eigenvalue weighted by atomic mass is 10.1. The van der Waals surface area contributed by atoms with E-state index in [1.54, 1.807) is 6.20 Å². The van der Waals surface area contributed by atoms with E-state index in [4.69, 9.17) is 0 Å². The lowest BCUT2D eigenvalue weighted by Crippen LogP contribution is -2.24. The number of hydrogen-bond donors (Lipinski definition) is 2. The summed E-state index contributed by atoms with van der Waals surface area (Å²) in [6, 6.07) is 3.28. The highest BCUT2D eigenvalue weighted by atomic mass is 32.2. The molecule has 2 N–H and O–H groups in total. The quantitative estimate of drug-likeness (QED) is 0.868. The smallest absolute Gasteiger partial charge is 0.253 e. The van der Waals surface area contributed by atoms with Crippen molar-refractivity contribution in [2.75, 3.05) is 11.0 Å². The molecule has 0 aliphatic carbocycles. The van der Waals surface area contributed by atoms with Gasteiger partial charge in [-0.25, -0.2) is 17.8 Å². The second kappa shape index (κ2) is 6.41. The predicted molar refractivity (Wildman–Crippen MR) is 82.9 cm³/mol. The van der Waals surface area contributed by atoms with Gasteiger partial charge in [0.15, 0.2) is 0 Å². The third-order valence-electron chi connectivity index (χ3n) is 2.61. The van der Waals surface area contributed by atoms with Gasteiger partial charge in [-0.1, -0.05) is 0 Å². The molecule has 22 heavy (non-hydrogen) atoms. The van der Waals surface area contributed by atoms with Gasteiger partial charge in [-0.2, -0.15) is 0 Å². The van der Waals surface area contributed by atoms with Crippen molar-refractivity contribution in [3.05, 3.63) is 45.7 Å². The Kier molecular flexibility index (Phi) is 4.77. The second-order valence-corrected chi connectivity index (χ2v) is 7.66. The van der Waals surface area contributed by atoms with Crippen molar-refractivity contribution in [2.24, 2.45) is 0 Å². The zero-order valence-electron chi connectivity index (χ0n) is 11.9. The van der Waals surface area contributed by atoms with Gasteiger partial charge in [0, 0.05) is 11.1 Å². The normalized spacial score (nSPS) is 11.2. The van der Waals surface area contributed by atoms with E-state index < -0.39 is 21.7 Å². The molecule has 0 bridgehead atoms. The number of rotatable bonds is 5. The maximum atomic E-state index is 13.3. The SMILES string of the molecule is Cc1ncc(CNC(=O)c2cc(F)ccc2NS(C)(=O)=O)s1. The average molecular weight is 343 g/mol. The number of carbonyl (C=O) groups is 1. The lowest BCUT2D eigenvalue weighted by molar-refractivity contribution is 0.0951. The number of anilines is 1. The van der Waals surface area contributed by atoms with Crippen LogP contribution in [0.3, 0.4) is 0 Å². The summed E-state index contributed by atoms with van der Waals surface area (Å²) in [6.07, 6.45) is 2.60. The number of amides is 1. The second-order valence-electron chi connectivity index (χ2n) is 4.59. The van der Waals surface area contributed by atoms with Gasteiger partial charge in [-0.3, -0.25) is 9.52 Å². The molecule has 0 unspecified atom stereocenters. The number of carbonyl (C=O) groups excluding carboxylic acids is 1. The highest BCUT2D eigenvalue weighted by molar-refractivity contribution is 7.92. The Labute approximate surface area is 131 Å². The molecule has 0 spiro atoms. The first kappa shape index (κ1) is 16.4. The molecule has 118 valence electrons. The molecule has 2 aromatic rings. The van der Waals surface area contributed by atoms with Crippen molar-refractivity contribution < 1.29 is 17.6 Å². The van der Waals surface area contributed by atoms with Crippen LogP contribution in [-0.2, 0) is 16.6 Å². The van der Waals surface area contributed by atoms with Gasteiger partial charge in [0.25, 0.3) is 5.91 Å². The van der Waals surface area contributed by atoms with Crippen molar-refractivity contribution in [3.63, 3.8) is 0 Å². The molecule has 0 aliphatic heterocycles. The molecule has 6 nitrogen and oxygen atoms in total. The minimum Gasteiger partial charge on any atom is -0.347 e. The summed E-state index contributed by atoms with van der Waals surface area (Å²) in [5.41, 5.74) is -0.0476. The highest BCUT2D eigenvalue weighted by Gasteiger charge is 2.15. The number of hydrogen-bond acceptors (Lipinski definition) is 5. The van der Waals surface area contributed by atoms with Crippen LogP contribution in [0.25, 0.3) is 0 Å². The van der Waals surface area contributed by atoms with E-state index >= 15 is 0 Å². The number of aromatic nitrogens is 1. The molecule has 0 fully saturated rings. The summed E-state index contributed by atoms with van der Waals surface area (Å²) < 4.78 is 38.1. The van der Waals surface area contributed by atoms with Gasteiger partial charge in [0.05, 0.1) is 29.1 Å². The largest absolute Gasteiger partial charge is 0.347 e. The first-order valence-corrected chi connectivity index (χ1v) is 8.92. The van der Waals surface area contributed by atoms with Crippen molar-refractivity contribution >= 4 is 33.0 Å². The van der Waals surface area contributed by atoms with E-state index in [0.717, 1.165) is 28.3 Å². The van der Waals surface area contributed by atoms with Crippen molar-refractivity contribution in [1.29, 1.82) is 0 Å². The third-order valence-corrected chi connectivity index (χ3v) is 4.12. The molecule has 9 heteroatoms. The van der Waals surface area contributed by atoms with E-state index in [9.17, 15) is 17.6 Å². The van der Waals surface area contributed by atoms with Gasteiger partial charge in [0.1, 0.15) is 5.82 Å². The molecule has 0 aliphatic rings. The van der Waals surface area contributed by atoms with Crippen molar-refractivity contribution in [1.82, 2.24) is 10.3 Å². The molecular formula is C13H14FN3O3S2. The summed E-state index contributed by atoms with van der Waals surface area (Å²) in [6.45, 7) is 2.08. The molecule has 0 radical (unpaired) electrons. The van der Waals surface area contributed by atoms with Gasteiger partial charge in [-0.05, 0) is 25.1 Å². The monoisotopic (exact) mass is 343 g/mol. The van der Waals surface area contributed by atoms with Gasteiger partial charge >= 0.3 is 0 Å². The van der Waals surface area contributed by atoms with Crippen molar-refractivity contribution in [3.8, 4) is 0 Å². The highest BCUT2D eigenvalue weighted by Crippen LogP contribution is 2.19. The fourth-order valence-corrected chi connectivity index (χ4v) is 3.05. The maximum absolute atomic E-state index is 13.3. The predicted octanol–water partition coefficient (Wildman–Crippen LogP) is 1.89. The van der Waals surface area contributed by atoms with Crippen LogP contribution in [0.5, 0.6) is 0 Å². The molecule has 1 aromatic carbocycles. The fraction of sp³-hybridized carbons (Fsp3) is 0.231. The minimum absolute atomic E-state index is 0.0295. The number of thiazole rings is 1. The van der Waals surface area contributed by atoms with Crippen LogP contribution in [0.15, 0.2) is 24.4 Å². The molecular weight excluding hydrogens is 329 g/mol. The Morgan fingerprint density at radius 3 is 2.73 bits per heavy atom. The summed E-state index contributed by atoms with van der Waals surface area (Å²) in [5.74, 6) is -1.20. The molecule has 1 aromatic heterocycles. The van der Waals surface area contributed by atoms with Gasteiger partial charge < -0.3 is 5.32 Å². The first-order chi connectivity index (χ1) is 10.2. The minimum atomic E-state index is -3.57. The zero-order valence-corrected chi connectivity index (χ0v) is 13.5. The molecule has 2 rings (SSSR count). The number of benzene rings is 1. The van der Waals surface area contributed by atoms with Crippen molar-refractivity contribution in [2.45, 2.75) is 13.5 Å². The van der Waals surface area contributed by atoms with Crippen LogP contribution in [0, 0.1) is 12.7 Å². The summed E-state index contributed by atoms with van der Waals surface area (Å²) >= 11 is 1.43. The Morgan fingerprint density at radius 1 is 1.41 bits per heavy atom. The molecule has 0 saturated heterocycles. The summed E-state index contributed by atoms with van der Waals surface area (Å²) in [5, 5.41) is 3.48. The number of nitrogens with one attached hydrogen (secondary N) is 2. The standard InChI is InChI=1S/C13H14FN3O3S2/c1-8-15-6-10(21-8)7-16-13(18)11-5-9(14)3-4-12(11)17-22(2,19)20/h3-6,17H,7H2,1-2H3,(H,16,18). The van der Waals surface area contributed by atoms with Crippen LogP contribution < -0.4 is 10.0 Å². The van der Waals surface area contributed by atoms with Gasteiger partial charge in [0.2, 0.25) is 10.0 Å². The number of sulfonamides is 1. The third kappa shape index (κ3) is 4.50. The van der Waals surface area contributed by atoms with Crippen LogP contribution in [0.1, 0.15) is 20.2 Å². The van der Waals surface area contributed by atoms with Crippen LogP contribution in [0.2, 0.25) is 0 Å².